The maximum absolute atomic E-state index is 12.6. The molecule has 1 aliphatic heterocycles. The highest BCUT2D eigenvalue weighted by Gasteiger charge is 2.34. The zero-order chi connectivity index (χ0) is 15.0. The third-order valence-corrected chi connectivity index (χ3v) is 6.22. The molecule has 2 rings (SSSR count). The van der Waals surface area contributed by atoms with E-state index in [9.17, 15) is 8.42 Å². The first-order chi connectivity index (χ1) is 9.27. The first kappa shape index (κ1) is 16.0. The van der Waals surface area contributed by atoms with E-state index < -0.39 is 10.0 Å². The summed E-state index contributed by atoms with van der Waals surface area (Å²) in [5, 5.41) is 3.90. The molecule has 0 amide bonds. The van der Waals surface area contributed by atoms with Crippen LogP contribution in [0.15, 0.2) is 23.1 Å². The molecule has 0 saturated carbocycles. The van der Waals surface area contributed by atoms with Crippen molar-refractivity contribution in [2.45, 2.75) is 30.2 Å². The summed E-state index contributed by atoms with van der Waals surface area (Å²) in [4.78, 5) is 0.156. The van der Waals surface area contributed by atoms with Gasteiger partial charge in [-0.1, -0.05) is 23.2 Å². The van der Waals surface area contributed by atoms with Crippen molar-refractivity contribution >= 4 is 33.2 Å². The molecule has 1 N–H and O–H groups in total. The molecule has 1 aromatic carbocycles. The van der Waals surface area contributed by atoms with Gasteiger partial charge in [0.2, 0.25) is 10.0 Å². The van der Waals surface area contributed by atoms with Crippen LogP contribution in [0.1, 0.15) is 19.8 Å². The maximum atomic E-state index is 12.6. The number of sulfonamides is 1. The van der Waals surface area contributed by atoms with Gasteiger partial charge >= 0.3 is 0 Å². The number of hydrogen-bond acceptors (Lipinski definition) is 3. The highest BCUT2D eigenvalue weighted by atomic mass is 35.5. The smallest absolute Gasteiger partial charge is 0.243 e. The number of rotatable bonds is 3. The lowest BCUT2D eigenvalue weighted by molar-refractivity contribution is 0.219. The summed E-state index contributed by atoms with van der Waals surface area (Å²) in [6.45, 7) is 3.08. The molecule has 1 saturated heterocycles. The van der Waals surface area contributed by atoms with Gasteiger partial charge in [-0.15, -0.1) is 0 Å². The third-order valence-electron chi connectivity index (χ3n) is 3.90. The average molecular weight is 337 g/mol. The fourth-order valence-electron chi connectivity index (χ4n) is 2.30. The Morgan fingerprint density at radius 1 is 1.15 bits per heavy atom. The summed E-state index contributed by atoms with van der Waals surface area (Å²) in [6.07, 6.45) is 1.55. The Morgan fingerprint density at radius 2 is 1.65 bits per heavy atom. The van der Waals surface area contributed by atoms with Gasteiger partial charge in [-0.05, 0) is 45.0 Å². The van der Waals surface area contributed by atoms with Crippen LogP contribution in [0.4, 0.5) is 0 Å². The summed E-state index contributed by atoms with van der Waals surface area (Å²) in [5.41, 5.74) is -0.00199. The molecule has 0 aromatic heterocycles. The Hall–Kier alpha value is -0.330. The van der Waals surface area contributed by atoms with Gasteiger partial charge in [0.25, 0.3) is 0 Å². The average Bonchev–Trinajstić information content (AvgIpc) is 2.38. The molecule has 1 aromatic rings. The van der Waals surface area contributed by atoms with E-state index in [1.54, 1.807) is 0 Å². The van der Waals surface area contributed by atoms with Crippen molar-refractivity contribution in [3.8, 4) is 0 Å². The predicted molar refractivity (Wildman–Crippen MR) is 81.9 cm³/mol. The molecular formula is C13H18Cl2N2O2S. The fourth-order valence-corrected chi connectivity index (χ4v) is 4.47. The van der Waals surface area contributed by atoms with Crippen molar-refractivity contribution in [2.24, 2.45) is 0 Å². The first-order valence-electron chi connectivity index (χ1n) is 6.42. The highest BCUT2D eigenvalue weighted by molar-refractivity contribution is 7.89. The number of halogens is 2. The summed E-state index contributed by atoms with van der Waals surface area (Å²) >= 11 is 11.8. The van der Waals surface area contributed by atoms with Crippen LogP contribution in [0.3, 0.4) is 0 Å². The normalized spacial score (nSPS) is 20.0. The quantitative estimate of drug-likeness (QED) is 0.923. The lowest BCUT2D eigenvalue weighted by Crippen LogP contribution is -2.51. The van der Waals surface area contributed by atoms with Crippen LogP contribution in [0.25, 0.3) is 0 Å². The molecule has 7 heteroatoms. The van der Waals surface area contributed by atoms with Gasteiger partial charge < -0.3 is 5.32 Å². The maximum Gasteiger partial charge on any atom is 0.243 e. The van der Waals surface area contributed by atoms with Crippen molar-refractivity contribution in [3.63, 3.8) is 0 Å². The Morgan fingerprint density at radius 3 is 2.10 bits per heavy atom. The van der Waals surface area contributed by atoms with E-state index in [1.165, 1.54) is 22.5 Å². The third kappa shape index (κ3) is 3.28. The summed E-state index contributed by atoms with van der Waals surface area (Å²) in [5.74, 6) is 0. The monoisotopic (exact) mass is 336 g/mol. The molecule has 4 nitrogen and oxygen atoms in total. The van der Waals surface area contributed by atoms with Crippen molar-refractivity contribution in [1.29, 1.82) is 0 Å². The fraction of sp³-hybridized carbons (Fsp3) is 0.538. The summed E-state index contributed by atoms with van der Waals surface area (Å²) in [7, 11) is -1.63. The molecule has 0 bridgehead atoms. The standard InChI is InChI=1S/C13H18Cl2N2O2S/c1-13(16-2)3-5-17(6-4-13)20(18,19)12-8-10(14)7-11(15)9-12/h7-9,16H,3-6H2,1-2H3. The van der Waals surface area contributed by atoms with E-state index in [4.69, 9.17) is 23.2 Å². The molecule has 0 unspecified atom stereocenters. The van der Waals surface area contributed by atoms with Crippen LogP contribution >= 0.6 is 23.2 Å². The molecule has 0 radical (unpaired) electrons. The van der Waals surface area contributed by atoms with E-state index >= 15 is 0 Å². The van der Waals surface area contributed by atoms with Gasteiger partial charge in [0.1, 0.15) is 0 Å². The number of benzene rings is 1. The number of piperidine rings is 1. The second-order valence-corrected chi connectivity index (χ2v) is 8.13. The molecule has 0 aliphatic carbocycles. The van der Waals surface area contributed by atoms with Crippen LogP contribution in [0.5, 0.6) is 0 Å². The van der Waals surface area contributed by atoms with Gasteiger partial charge in [0.15, 0.2) is 0 Å². The summed E-state index contributed by atoms with van der Waals surface area (Å²) < 4.78 is 26.7. The molecule has 1 aliphatic rings. The van der Waals surface area contributed by atoms with Gasteiger partial charge in [-0.2, -0.15) is 4.31 Å². The zero-order valence-corrected chi connectivity index (χ0v) is 13.8. The van der Waals surface area contributed by atoms with Crippen LogP contribution < -0.4 is 5.32 Å². The second kappa shape index (κ2) is 5.81. The Balaban J connectivity index is 2.24. The molecule has 1 fully saturated rings. The van der Waals surface area contributed by atoms with Gasteiger partial charge in [-0.25, -0.2) is 8.42 Å². The van der Waals surface area contributed by atoms with E-state index in [1.807, 2.05) is 7.05 Å². The van der Waals surface area contributed by atoms with E-state index in [2.05, 4.69) is 12.2 Å². The first-order valence-corrected chi connectivity index (χ1v) is 8.62. The Bertz CT molecular complexity index is 576. The highest BCUT2D eigenvalue weighted by Crippen LogP contribution is 2.29. The molecule has 0 atom stereocenters. The van der Waals surface area contributed by atoms with E-state index in [0.717, 1.165) is 12.8 Å². The minimum absolute atomic E-state index is 0.00199. The van der Waals surface area contributed by atoms with Crippen molar-refractivity contribution in [2.75, 3.05) is 20.1 Å². The van der Waals surface area contributed by atoms with Gasteiger partial charge in [-0.3, -0.25) is 0 Å². The minimum Gasteiger partial charge on any atom is -0.314 e. The van der Waals surface area contributed by atoms with Crippen LogP contribution in [-0.2, 0) is 10.0 Å². The van der Waals surface area contributed by atoms with Crippen molar-refractivity contribution in [3.05, 3.63) is 28.2 Å². The molecule has 0 spiro atoms. The van der Waals surface area contributed by atoms with Crippen LogP contribution in [-0.4, -0.2) is 38.4 Å². The van der Waals surface area contributed by atoms with Crippen LogP contribution in [0.2, 0.25) is 10.0 Å². The van der Waals surface area contributed by atoms with Crippen molar-refractivity contribution in [1.82, 2.24) is 9.62 Å². The Labute approximate surface area is 130 Å². The van der Waals surface area contributed by atoms with Gasteiger partial charge in [0, 0.05) is 28.7 Å². The SMILES string of the molecule is CNC1(C)CCN(S(=O)(=O)c2cc(Cl)cc(Cl)c2)CC1. The van der Waals surface area contributed by atoms with E-state index in [-0.39, 0.29) is 10.4 Å². The summed E-state index contributed by atoms with van der Waals surface area (Å²) in [6, 6.07) is 4.40. The number of nitrogens with zero attached hydrogens (tertiary/aromatic N) is 1. The molecule has 1 heterocycles. The topological polar surface area (TPSA) is 49.4 Å². The van der Waals surface area contributed by atoms with Gasteiger partial charge in [0.05, 0.1) is 4.90 Å². The largest absolute Gasteiger partial charge is 0.314 e. The lowest BCUT2D eigenvalue weighted by atomic mass is 9.91. The predicted octanol–water partition coefficient (Wildman–Crippen LogP) is 2.76. The number of hydrogen-bond donors (Lipinski definition) is 1. The molecule has 112 valence electrons. The minimum atomic E-state index is -3.53. The zero-order valence-electron chi connectivity index (χ0n) is 11.5. The number of nitrogens with one attached hydrogen (secondary N) is 1. The van der Waals surface area contributed by atoms with Crippen LogP contribution in [0, 0.1) is 0 Å². The Kier molecular flexibility index (Phi) is 4.66. The second-order valence-electron chi connectivity index (χ2n) is 5.32. The van der Waals surface area contributed by atoms with Crippen molar-refractivity contribution < 1.29 is 8.42 Å². The lowest BCUT2D eigenvalue weighted by Gasteiger charge is -2.38. The molecular weight excluding hydrogens is 319 g/mol. The molecule has 20 heavy (non-hydrogen) atoms. The van der Waals surface area contributed by atoms with E-state index in [0.29, 0.717) is 23.1 Å².